The highest BCUT2D eigenvalue weighted by Crippen LogP contribution is 2.14. The second kappa shape index (κ2) is 2.55. The summed E-state index contributed by atoms with van der Waals surface area (Å²) in [5.41, 5.74) is 4.83. The van der Waals surface area contributed by atoms with Gasteiger partial charge in [0.05, 0.1) is 5.88 Å². The number of carbonyl (C=O) groups is 1. The molecule has 0 saturated heterocycles. The van der Waals surface area contributed by atoms with Gasteiger partial charge in [0.25, 0.3) is 0 Å². The summed E-state index contributed by atoms with van der Waals surface area (Å²) in [5, 5.41) is 0. The molecule has 0 saturated carbocycles. The molecular weight excluding hydrogens is 149 g/mol. The van der Waals surface area contributed by atoms with Gasteiger partial charge in [0.15, 0.2) is 0 Å². The number of alkyl halides is 2. The Balaban J connectivity index is 3.91. The van der Waals surface area contributed by atoms with Crippen LogP contribution in [0.5, 0.6) is 0 Å². The van der Waals surface area contributed by atoms with Gasteiger partial charge in [-0.2, -0.15) is 0 Å². The van der Waals surface area contributed by atoms with E-state index >= 15 is 0 Å². The predicted octanol–water partition coefficient (Wildman–Crippen LogP) is 0.708. The van der Waals surface area contributed by atoms with E-state index in [2.05, 4.69) is 0 Å². The van der Waals surface area contributed by atoms with Crippen molar-refractivity contribution in [2.24, 2.45) is 5.73 Å². The second-order valence-corrected chi connectivity index (χ2v) is 2.80. The lowest BCUT2D eigenvalue weighted by Crippen LogP contribution is -2.37. The van der Waals surface area contributed by atoms with Gasteiger partial charge in [-0.25, -0.2) is 0 Å². The number of primary amides is 1. The summed E-state index contributed by atoms with van der Waals surface area (Å²) in [6.45, 7) is 1.48. The molecule has 4 heteroatoms. The van der Waals surface area contributed by atoms with Crippen molar-refractivity contribution in [2.45, 2.75) is 11.8 Å². The van der Waals surface area contributed by atoms with E-state index in [0.29, 0.717) is 0 Å². The largest absolute Gasteiger partial charge is 0.368 e. The third-order valence-corrected chi connectivity index (χ3v) is 1.76. The van der Waals surface area contributed by atoms with Crippen LogP contribution in [0.25, 0.3) is 0 Å². The zero-order chi connectivity index (χ0) is 6.78. The van der Waals surface area contributed by atoms with Crippen molar-refractivity contribution in [1.29, 1.82) is 0 Å². The molecule has 2 nitrogen and oxygen atoms in total. The fourth-order valence-corrected chi connectivity index (χ4v) is 0.198. The van der Waals surface area contributed by atoms with E-state index in [1.165, 1.54) is 6.92 Å². The minimum atomic E-state index is -1.08. The van der Waals surface area contributed by atoms with E-state index in [4.69, 9.17) is 28.9 Å². The molecule has 2 N–H and O–H groups in total. The normalized spacial score (nSPS) is 17.4. The molecule has 48 valence electrons. The van der Waals surface area contributed by atoms with E-state index in [-0.39, 0.29) is 5.88 Å². The van der Waals surface area contributed by atoms with Crippen LogP contribution in [-0.4, -0.2) is 16.7 Å². The number of hydrogen-bond acceptors (Lipinski definition) is 1. The summed E-state index contributed by atoms with van der Waals surface area (Å²) >= 11 is 10.7. The van der Waals surface area contributed by atoms with E-state index in [9.17, 15) is 4.79 Å². The van der Waals surface area contributed by atoms with Crippen molar-refractivity contribution in [3.05, 3.63) is 0 Å². The molecule has 1 atom stereocenters. The minimum Gasteiger partial charge on any atom is -0.368 e. The topological polar surface area (TPSA) is 43.1 Å². The molecule has 0 aliphatic heterocycles. The van der Waals surface area contributed by atoms with Crippen LogP contribution in [-0.2, 0) is 4.79 Å². The first-order valence-electron chi connectivity index (χ1n) is 2.05. The van der Waals surface area contributed by atoms with Crippen molar-refractivity contribution in [3.63, 3.8) is 0 Å². The van der Waals surface area contributed by atoms with Crippen LogP contribution >= 0.6 is 23.2 Å². The highest BCUT2D eigenvalue weighted by molar-refractivity contribution is 6.39. The second-order valence-electron chi connectivity index (χ2n) is 1.70. The number of nitrogens with two attached hydrogens (primary N) is 1. The van der Waals surface area contributed by atoms with Crippen LogP contribution in [0, 0.1) is 0 Å². The summed E-state index contributed by atoms with van der Waals surface area (Å²) in [7, 11) is 0. The van der Waals surface area contributed by atoms with Gasteiger partial charge in [0.1, 0.15) is 4.87 Å². The maximum absolute atomic E-state index is 10.3. The summed E-state index contributed by atoms with van der Waals surface area (Å²) in [5.74, 6) is -0.543. The average Bonchev–Trinajstić information content (AvgIpc) is 1.67. The molecule has 0 radical (unpaired) electrons. The first-order chi connectivity index (χ1) is 3.50. The molecule has 0 fully saturated rings. The smallest absolute Gasteiger partial charge is 0.239 e. The van der Waals surface area contributed by atoms with Gasteiger partial charge in [0.2, 0.25) is 5.91 Å². The van der Waals surface area contributed by atoms with Crippen molar-refractivity contribution < 1.29 is 4.79 Å². The standard InChI is InChI=1S/C4H7Cl2NO/c1-4(6,2-5)3(7)8/h2H2,1H3,(H2,7,8)/t4-/m1/s1. The van der Waals surface area contributed by atoms with E-state index in [1.54, 1.807) is 0 Å². The molecule has 0 aliphatic rings. The predicted molar refractivity (Wildman–Crippen MR) is 34.2 cm³/mol. The number of rotatable bonds is 2. The molecule has 8 heavy (non-hydrogen) atoms. The monoisotopic (exact) mass is 155 g/mol. The lowest BCUT2D eigenvalue weighted by Gasteiger charge is -2.11. The molecule has 0 aliphatic carbocycles. The number of hydrogen-bond donors (Lipinski definition) is 1. The van der Waals surface area contributed by atoms with E-state index < -0.39 is 10.8 Å². The maximum Gasteiger partial charge on any atom is 0.239 e. The molecule has 1 amide bonds. The van der Waals surface area contributed by atoms with Crippen LogP contribution in [0.1, 0.15) is 6.92 Å². The zero-order valence-electron chi connectivity index (χ0n) is 4.45. The van der Waals surface area contributed by atoms with Crippen molar-refractivity contribution in [1.82, 2.24) is 0 Å². The molecule has 0 spiro atoms. The molecule has 0 unspecified atom stereocenters. The third-order valence-electron chi connectivity index (χ3n) is 0.765. The Kier molecular flexibility index (Phi) is 2.57. The van der Waals surface area contributed by atoms with E-state index in [0.717, 1.165) is 0 Å². The Bertz CT molecular complexity index is 102. The molecule has 0 bridgehead atoms. The van der Waals surface area contributed by atoms with Crippen LogP contribution < -0.4 is 5.73 Å². The van der Waals surface area contributed by atoms with E-state index in [1.807, 2.05) is 0 Å². The van der Waals surface area contributed by atoms with Crippen molar-refractivity contribution in [3.8, 4) is 0 Å². The van der Waals surface area contributed by atoms with Crippen LogP contribution in [0.3, 0.4) is 0 Å². The molecular formula is C4H7Cl2NO. The summed E-state index contributed by atoms with van der Waals surface area (Å²) in [6, 6.07) is 0. The Labute approximate surface area is 57.9 Å². The summed E-state index contributed by atoms with van der Waals surface area (Å²) < 4.78 is 0. The molecule has 0 aromatic rings. The third kappa shape index (κ3) is 1.88. The molecule has 0 rings (SSSR count). The quantitative estimate of drug-likeness (QED) is 0.587. The first kappa shape index (κ1) is 8.05. The molecule has 0 heterocycles. The zero-order valence-corrected chi connectivity index (χ0v) is 5.96. The molecule has 0 aromatic carbocycles. The van der Waals surface area contributed by atoms with Crippen LogP contribution in [0.4, 0.5) is 0 Å². The lowest BCUT2D eigenvalue weighted by molar-refractivity contribution is -0.119. The van der Waals surface area contributed by atoms with Crippen LogP contribution in [0.2, 0.25) is 0 Å². The molecule has 0 aromatic heterocycles. The van der Waals surface area contributed by atoms with Gasteiger partial charge < -0.3 is 5.73 Å². The highest BCUT2D eigenvalue weighted by atomic mass is 35.5. The van der Waals surface area contributed by atoms with Gasteiger partial charge in [-0.1, -0.05) is 0 Å². The van der Waals surface area contributed by atoms with Gasteiger partial charge in [-0.3, -0.25) is 4.79 Å². The SMILES string of the molecule is C[C@@](Cl)(CCl)C(N)=O. The lowest BCUT2D eigenvalue weighted by atomic mass is 10.2. The van der Waals surface area contributed by atoms with Crippen LogP contribution in [0.15, 0.2) is 0 Å². The van der Waals surface area contributed by atoms with Gasteiger partial charge >= 0.3 is 0 Å². The number of amides is 1. The highest BCUT2D eigenvalue weighted by Gasteiger charge is 2.26. The fraction of sp³-hybridized carbons (Fsp3) is 0.750. The fourth-order valence-electron chi connectivity index (χ4n) is 0.0659. The Morgan fingerprint density at radius 3 is 2.25 bits per heavy atom. The Hall–Kier alpha value is 0.0500. The Morgan fingerprint density at radius 2 is 2.25 bits per heavy atom. The minimum absolute atomic E-state index is 0.0455. The number of carbonyl (C=O) groups excluding carboxylic acids is 1. The number of halogens is 2. The maximum atomic E-state index is 10.3. The van der Waals surface area contributed by atoms with Crippen molar-refractivity contribution in [2.75, 3.05) is 5.88 Å². The van der Waals surface area contributed by atoms with Gasteiger partial charge in [0, 0.05) is 0 Å². The average molecular weight is 156 g/mol. The summed E-state index contributed by atoms with van der Waals surface area (Å²) in [4.78, 5) is 9.18. The van der Waals surface area contributed by atoms with Gasteiger partial charge in [-0.05, 0) is 6.92 Å². The van der Waals surface area contributed by atoms with Crippen molar-refractivity contribution >= 4 is 29.1 Å². The Morgan fingerprint density at radius 1 is 1.88 bits per heavy atom. The summed E-state index contributed by atoms with van der Waals surface area (Å²) in [6.07, 6.45) is 0. The first-order valence-corrected chi connectivity index (χ1v) is 2.97. The van der Waals surface area contributed by atoms with Gasteiger partial charge in [-0.15, -0.1) is 23.2 Å².